The van der Waals surface area contributed by atoms with Crippen molar-refractivity contribution >= 4 is 5.78 Å². The van der Waals surface area contributed by atoms with Crippen LogP contribution in [0.1, 0.15) is 31.4 Å². The Morgan fingerprint density at radius 2 is 2.06 bits per heavy atom. The first-order chi connectivity index (χ1) is 7.66. The van der Waals surface area contributed by atoms with E-state index in [1.54, 1.807) is 6.08 Å². The van der Waals surface area contributed by atoms with E-state index in [0.29, 0.717) is 6.42 Å². The minimum Gasteiger partial charge on any atom is -0.323 e. The smallest absolute Gasteiger partial charge is 0.137 e. The summed E-state index contributed by atoms with van der Waals surface area (Å²) in [7, 11) is 0. The van der Waals surface area contributed by atoms with Crippen molar-refractivity contribution in [2.45, 2.75) is 25.8 Å². The van der Waals surface area contributed by atoms with E-state index >= 15 is 0 Å². The minimum absolute atomic E-state index is 0.137. The molecular formula is C14H19NO. The summed E-state index contributed by atoms with van der Waals surface area (Å²) in [5.41, 5.74) is 7.08. The van der Waals surface area contributed by atoms with Crippen molar-refractivity contribution in [2.24, 2.45) is 11.7 Å². The summed E-state index contributed by atoms with van der Waals surface area (Å²) in [4.78, 5) is 11.8. The molecule has 1 aromatic carbocycles. The second-order valence-electron chi connectivity index (χ2n) is 4.02. The predicted octanol–water partition coefficient (Wildman–Crippen LogP) is 2.86. The van der Waals surface area contributed by atoms with Gasteiger partial charge >= 0.3 is 0 Å². The van der Waals surface area contributed by atoms with Gasteiger partial charge in [-0.1, -0.05) is 43.3 Å². The second-order valence-corrected chi connectivity index (χ2v) is 4.02. The second kappa shape index (κ2) is 6.23. The van der Waals surface area contributed by atoms with E-state index in [9.17, 15) is 4.79 Å². The summed E-state index contributed by atoms with van der Waals surface area (Å²) < 4.78 is 0. The average molecular weight is 217 g/mol. The van der Waals surface area contributed by atoms with Crippen molar-refractivity contribution < 1.29 is 4.79 Å². The molecule has 0 heterocycles. The molecule has 0 spiro atoms. The molecule has 1 rings (SSSR count). The van der Waals surface area contributed by atoms with Gasteiger partial charge in [0.25, 0.3) is 0 Å². The molecule has 0 saturated carbocycles. The molecule has 16 heavy (non-hydrogen) atoms. The van der Waals surface area contributed by atoms with Crippen molar-refractivity contribution in [3.05, 3.63) is 48.6 Å². The third-order valence-corrected chi connectivity index (χ3v) is 2.83. The summed E-state index contributed by atoms with van der Waals surface area (Å²) in [5.74, 6) is 0.0682. The summed E-state index contributed by atoms with van der Waals surface area (Å²) in [6.45, 7) is 5.50. The minimum atomic E-state index is -0.210. The zero-order valence-electron chi connectivity index (χ0n) is 9.73. The summed E-state index contributed by atoms with van der Waals surface area (Å²) in [5, 5.41) is 0. The van der Waals surface area contributed by atoms with E-state index in [2.05, 4.69) is 6.58 Å². The van der Waals surface area contributed by atoms with Gasteiger partial charge in [0.15, 0.2) is 0 Å². The monoisotopic (exact) mass is 217 g/mol. The lowest BCUT2D eigenvalue weighted by atomic mass is 9.90. The number of carbonyl (C=O) groups is 1. The quantitative estimate of drug-likeness (QED) is 0.744. The van der Waals surface area contributed by atoms with E-state index < -0.39 is 0 Å². The van der Waals surface area contributed by atoms with Crippen LogP contribution in [-0.2, 0) is 4.79 Å². The summed E-state index contributed by atoms with van der Waals surface area (Å²) >= 11 is 0. The number of allylic oxidation sites excluding steroid dienone is 1. The van der Waals surface area contributed by atoms with Crippen LogP contribution in [0, 0.1) is 5.92 Å². The van der Waals surface area contributed by atoms with Crippen LogP contribution in [0.4, 0.5) is 0 Å². The maximum Gasteiger partial charge on any atom is 0.137 e. The molecule has 2 atom stereocenters. The van der Waals surface area contributed by atoms with Crippen LogP contribution in [0.25, 0.3) is 0 Å². The predicted molar refractivity (Wildman–Crippen MR) is 67.0 cm³/mol. The van der Waals surface area contributed by atoms with Gasteiger partial charge in [0.05, 0.1) is 0 Å². The third kappa shape index (κ3) is 3.31. The van der Waals surface area contributed by atoms with E-state index in [1.165, 1.54) is 0 Å². The number of Topliss-reactive ketones (excluding diaryl/α,β-unsaturated/α-hetero) is 1. The van der Waals surface area contributed by atoms with Gasteiger partial charge in [0.1, 0.15) is 5.78 Å². The molecule has 1 aromatic rings. The van der Waals surface area contributed by atoms with E-state index in [1.807, 2.05) is 37.3 Å². The molecule has 0 amide bonds. The van der Waals surface area contributed by atoms with Gasteiger partial charge in [-0.15, -0.1) is 6.58 Å². The van der Waals surface area contributed by atoms with Gasteiger partial charge in [0.2, 0.25) is 0 Å². The lowest BCUT2D eigenvalue weighted by Crippen LogP contribution is -2.25. The van der Waals surface area contributed by atoms with Crippen LogP contribution in [0.5, 0.6) is 0 Å². The third-order valence-electron chi connectivity index (χ3n) is 2.83. The molecule has 0 fully saturated rings. The van der Waals surface area contributed by atoms with Crippen molar-refractivity contribution in [1.82, 2.24) is 0 Å². The lowest BCUT2D eigenvalue weighted by molar-refractivity contribution is -0.122. The largest absolute Gasteiger partial charge is 0.323 e. The van der Waals surface area contributed by atoms with Crippen LogP contribution in [0.2, 0.25) is 0 Å². The molecule has 0 radical (unpaired) electrons. The maximum absolute atomic E-state index is 11.8. The fourth-order valence-electron chi connectivity index (χ4n) is 1.64. The molecule has 2 unspecified atom stereocenters. The first kappa shape index (κ1) is 12.7. The van der Waals surface area contributed by atoms with Crippen LogP contribution in [0.3, 0.4) is 0 Å². The molecule has 0 aliphatic carbocycles. The Labute approximate surface area is 97.2 Å². The Bertz CT molecular complexity index is 345. The van der Waals surface area contributed by atoms with Crippen molar-refractivity contribution in [2.75, 3.05) is 0 Å². The molecule has 86 valence electrons. The van der Waals surface area contributed by atoms with Gasteiger partial charge in [-0.3, -0.25) is 4.79 Å². The molecule has 0 aliphatic heterocycles. The van der Waals surface area contributed by atoms with Crippen LogP contribution in [-0.4, -0.2) is 5.78 Å². The molecule has 2 nitrogen and oxygen atoms in total. The van der Waals surface area contributed by atoms with Crippen LogP contribution >= 0.6 is 0 Å². The Balaban J connectivity index is 2.63. The van der Waals surface area contributed by atoms with Crippen LogP contribution in [0.15, 0.2) is 43.0 Å². The first-order valence-electron chi connectivity index (χ1n) is 5.61. The molecule has 2 heteroatoms. The zero-order valence-corrected chi connectivity index (χ0v) is 9.73. The molecule has 0 aliphatic rings. The van der Waals surface area contributed by atoms with E-state index in [0.717, 1.165) is 12.0 Å². The number of benzene rings is 1. The number of ketones is 1. The summed E-state index contributed by atoms with van der Waals surface area (Å²) in [6.07, 6.45) is 3.02. The van der Waals surface area contributed by atoms with Crippen molar-refractivity contribution in [3.63, 3.8) is 0 Å². The van der Waals surface area contributed by atoms with Gasteiger partial charge in [0, 0.05) is 18.4 Å². The highest BCUT2D eigenvalue weighted by Crippen LogP contribution is 2.21. The van der Waals surface area contributed by atoms with Gasteiger partial charge < -0.3 is 5.73 Å². The molecule has 0 saturated heterocycles. The first-order valence-corrected chi connectivity index (χ1v) is 5.61. The topological polar surface area (TPSA) is 43.1 Å². The van der Waals surface area contributed by atoms with Crippen LogP contribution < -0.4 is 5.73 Å². The van der Waals surface area contributed by atoms with Gasteiger partial charge in [-0.05, 0) is 12.0 Å². The Morgan fingerprint density at radius 3 is 2.62 bits per heavy atom. The molecule has 2 N–H and O–H groups in total. The SMILES string of the molecule is C=CCCC(=O)C(C)C(N)c1ccccc1. The highest BCUT2D eigenvalue weighted by molar-refractivity contribution is 5.81. The Kier molecular flexibility index (Phi) is 4.93. The fraction of sp³-hybridized carbons (Fsp3) is 0.357. The summed E-state index contributed by atoms with van der Waals surface area (Å²) in [6, 6.07) is 9.54. The highest BCUT2D eigenvalue weighted by atomic mass is 16.1. The fourth-order valence-corrected chi connectivity index (χ4v) is 1.64. The lowest BCUT2D eigenvalue weighted by Gasteiger charge is -2.18. The zero-order chi connectivity index (χ0) is 12.0. The Hall–Kier alpha value is -1.41. The average Bonchev–Trinajstić information content (AvgIpc) is 2.35. The van der Waals surface area contributed by atoms with E-state index in [4.69, 9.17) is 5.73 Å². The van der Waals surface area contributed by atoms with Crippen molar-refractivity contribution in [3.8, 4) is 0 Å². The normalized spacial score (nSPS) is 14.1. The number of nitrogens with two attached hydrogens (primary N) is 1. The van der Waals surface area contributed by atoms with Crippen molar-refractivity contribution in [1.29, 1.82) is 0 Å². The van der Waals surface area contributed by atoms with E-state index in [-0.39, 0.29) is 17.7 Å². The van der Waals surface area contributed by atoms with Gasteiger partial charge in [-0.25, -0.2) is 0 Å². The number of hydrogen-bond acceptors (Lipinski definition) is 2. The number of carbonyl (C=O) groups excluding carboxylic acids is 1. The number of rotatable bonds is 6. The Morgan fingerprint density at radius 1 is 1.44 bits per heavy atom. The van der Waals surface area contributed by atoms with Gasteiger partial charge in [-0.2, -0.15) is 0 Å². The standard InChI is InChI=1S/C14H19NO/c1-3-4-10-13(16)11(2)14(15)12-8-6-5-7-9-12/h3,5-9,11,14H,1,4,10,15H2,2H3. The highest BCUT2D eigenvalue weighted by Gasteiger charge is 2.20. The molecular weight excluding hydrogens is 198 g/mol. The number of hydrogen-bond donors (Lipinski definition) is 1. The molecule has 0 aromatic heterocycles. The maximum atomic E-state index is 11.8. The molecule has 0 bridgehead atoms.